The molecule has 1 atom stereocenters. The lowest BCUT2D eigenvalue weighted by Crippen LogP contribution is -2.20. The molecule has 0 radical (unpaired) electrons. The van der Waals surface area contributed by atoms with Crippen molar-refractivity contribution in [3.8, 4) is 11.3 Å². The Morgan fingerprint density at radius 1 is 1.10 bits per heavy atom. The predicted molar refractivity (Wildman–Crippen MR) is 112 cm³/mol. The molecule has 1 unspecified atom stereocenters. The molecular formula is C20H20FN3O4S2. The maximum Gasteiger partial charge on any atom is 0.263 e. The average Bonchev–Trinajstić information content (AvgIpc) is 3.25. The lowest BCUT2D eigenvalue weighted by molar-refractivity contribution is 0.507. The zero-order chi connectivity index (χ0) is 21.5. The molecule has 0 saturated carbocycles. The van der Waals surface area contributed by atoms with Crippen LogP contribution in [0.3, 0.4) is 0 Å². The minimum absolute atomic E-state index is 0.0293. The average molecular weight is 450 g/mol. The van der Waals surface area contributed by atoms with Crippen LogP contribution in [-0.2, 0) is 19.9 Å². The van der Waals surface area contributed by atoms with E-state index in [2.05, 4.69) is 9.82 Å². The van der Waals surface area contributed by atoms with Crippen molar-refractivity contribution in [2.75, 3.05) is 16.2 Å². The van der Waals surface area contributed by atoms with Crippen molar-refractivity contribution >= 4 is 25.7 Å². The van der Waals surface area contributed by atoms with E-state index < -0.39 is 31.7 Å². The molecule has 30 heavy (non-hydrogen) atoms. The fraction of sp³-hybridized carbons (Fsp3) is 0.250. The van der Waals surface area contributed by atoms with Gasteiger partial charge < -0.3 is 0 Å². The molecule has 1 aromatic heterocycles. The van der Waals surface area contributed by atoms with Gasteiger partial charge in [-0.25, -0.2) is 25.9 Å². The molecule has 7 nitrogen and oxygen atoms in total. The summed E-state index contributed by atoms with van der Waals surface area (Å²) < 4.78 is 66.6. The van der Waals surface area contributed by atoms with Gasteiger partial charge in [0.2, 0.25) is 0 Å². The minimum Gasteiger partial charge on any atom is -0.264 e. The normalized spacial score (nSPS) is 18.4. The summed E-state index contributed by atoms with van der Waals surface area (Å²) >= 11 is 0. The van der Waals surface area contributed by atoms with Gasteiger partial charge in [0, 0.05) is 11.6 Å². The molecule has 1 saturated heterocycles. The van der Waals surface area contributed by atoms with E-state index in [1.54, 1.807) is 6.07 Å². The van der Waals surface area contributed by atoms with Crippen molar-refractivity contribution in [3.63, 3.8) is 0 Å². The fourth-order valence-corrected chi connectivity index (χ4v) is 6.13. The van der Waals surface area contributed by atoms with Crippen LogP contribution in [0.25, 0.3) is 11.3 Å². The van der Waals surface area contributed by atoms with Gasteiger partial charge in [-0.3, -0.25) is 4.72 Å². The summed E-state index contributed by atoms with van der Waals surface area (Å²) in [5.74, 6) is -0.455. The quantitative estimate of drug-likeness (QED) is 0.645. The van der Waals surface area contributed by atoms with Gasteiger partial charge in [0.15, 0.2) is 9.84 Å². The summed E-state index contributed by atoms with van der Waals surface area (Å²) in [7, 11) is -7.22. The number of benzene rings is 2. The van der Waals surface area contributed by atoms with Gasteiger partial charge >= 0.3 is 0 Å². The van der Waals surface area contributed by atoms with Crippen molar-refractivity contribution in [2.24, 2.45) is 0 Å². The lowest BCUT2D eigenvalue weighted by Gasteiger charge is -2.14. The molecule has 1 aliphatic heterocycles. The third-order valence-corrected chi connectivity index (χ3v) is 8.12. The van der Waals surface area contributed by atoms with Gasteiger partial charge in [0.1, 0.15) is 11.6 Å². The number of nitrogens with one attached hydrogen (secondary N) is 1. The van der Waals surface area contributed by atoms with Crippen LogP contribution in [0.15, 0.2) is 59.5 Å². The van der Waals surface area contributed by atoms with Gasteiger partial charge in [0.25, 0.3) is 10.0 Å². The highest BCUT2D eigenvalue weighted by Gasteiger charge is 2.32. The largest absolute Gasteiger partial charge is 0.264 e. The molecule has 0 spiro atoms. The number of rotatable bonds is 5. The van der Waals surface area contributed by atoms with Gasteiger partial charge in [0.05, 0.1) is 28.1 Å². The van der Waals surface area contributed by atoms with Crippen LogP contribution >= 0.6 is 0 Å². The molecule has 0 bridgehead atoms. The summed E-state index contributed by atoms with van der Waals surface area (Å²) in [6.45, 7) is 1.95. The van der Waals surface area contributed by atoms with Crippen LogP contribution in [0.5, 0.6) is 0 Å². The van der Waals surface area contributed by atoms with Crippen LogP contribution < -0.4 is 4.72 Å². The van der Waals surface area contributed by atoms with Crippen LogP contribution in [-0.4, -0.2) is 38.1 Å². The molecule has 1 fully saturated rings. The summed E-state index contributed by atoms with van der Waals surface area (Å²) in [5, 5.41) is 4.51. The number of aromatic nitrogens is 2. The predicted octanol–water partition coefficient (Wildman–Crippen LogP) is 3.16. The van der Waals surface area contributed by atoms with E-state index in [0.29, 0.717) is 12.1 Å². The van der Waals surface area contributed by atoms with Crippen molar-refractivity contribution in [1.29, 1.82) is 0 Å². The summed E-state index contributed by atoms with van der Waals surface area (Å²) in [6.07, 6.45) is 0.350. The Morgan fingerprint density at radius 2 is 1.77 bits per heavy atom. The molecule has 1 aliphatic rings. The Bertz CT molecular complexity index is 1280. The second-order valence-electron chi connectivity index (χ2n) is 7.34. The van der Waals surface area contributed by atoms with Crippen LogP contribution in [0.1, 0.15) is 18.0 Å². The Hall–Kier alpha value is -2.72. The van der Waals surface area contributed by atoms with Gasteiger partial charge in [-0.05, 0) is 37.6 Å². The second kappa shape index (κ2) is 7.51. The Morgan fingerprint density at radius 3 is 2.37 bits per heavy atom. The first kappa shape index (κ1) is 20.5. The summed E-state index contributed by atoms with van der Waals surface area (Å²) in [5.41, 5.74) is 2.37. The first-order chi connectivity index (χ1) is 14.1. The van der Waals surface area contributed by atoms with Crippen molar-refractivity contribution in [3.05, 3.63) is 66.0 Å². The van der Waals surface area contributed by atoms with E-state index in [4.69, 9.17) is 0 Å². The zero-order valence-electron chi connectivity index (χ0n) is 16.1. The fourth-order valence-electron chi connectivity index (χ4n) is 3.39. The highest BCUT2D eigenvalue weighted by atomic mass is 32.2. The smallest absolute Gasteiger partial charge is 0.263 e. The van der Waals surface area contributed by atoms with Gasteiger partial charge in [-0.1, -0.05) is 29.8 Å². The molecule has 3 aromatic rings. The van der Waals surface area contributed by atoms with Crippen molar-refractivity contribution in [1.82, 2.24) is 9.78 Å². The number of sulfonamides is 1. The number of hydrogen-bond acceptors (Lipinski definition) is 5. The Kier molecular flexibility index (Phi) is 5.15. The molecule has 158 valence electrons. The highest BCUT2D eigenvalue weighted by molar-refractivity contribution is 7.92. The SMILES string of the molecule is Cc1ccc(-c2cc(NS(=O)(=O)c3ccc(F)cc3)n(C3CCS(=O)(=O)C3)n2)cc1. The van der Waals surface area contributed by atoms with Crippen LogP contribution in [0.4, 0.5) is 10.2 Å². The van der Waals surface area contributed by atoms with Crippen LogP contribution in [0, 0.1) is 12.7 Å². The first-order valence-electron chi connectivity index (χ1n) is 9.28. The number of nitrogens with zero attached hydrogens (tertiary/aromatic N) is 2. The molecular weight excluding hydrogens is 429 g/mol. The van der Waals surface area contributed by atoms with Gasteiger partial charge in [-0.15, -0.1) is 0 Å². The molecule has 0 amide bonds. The van der Waals surface area contributed by atoms with Crippen LogP contribution in [0.2, 0.25) is 0 Å². The Labute approximate surface area is 174 Å². The monoisotopic (exact) mass is 449 g/mol. The number of aryl methyl sites for hydroxylation is 1. The molecule has 10 heteroatoms. The topological polar surface area (TPSA) is 98.1 Å². The zero-order valence-corrected chi connectivity index (χ0v) is 17.7. The van der Waals surface area contributed by atoms with E-state index in [0.717, 1.165) is 23.3 Å². The molecule has 2 heterocycles. The summed E-state index contributed by atoms with van der Waals surface area (Å²) in [4.78, 5) is -0.104. The molecule has 4 rings (SSSR count). The van der Waals surface area contributed by atoms with E-state index in [-0.39, 0.29) is 22.2 Å². The van der Waals surface area contributed by atoms with E-state index in [1.165, 1.54) is 16.8 Å². The van der Waals surface area contributed by atoms with E-state index in [9.17, 15) is 21.2 Å². The first-order valence-corrected chi connectivity index (χ1v) is 12.6. The lowest BCUT2D eigenvalue weighted by atomic mass is 10.1. The van der Waals surface area contributed by atoms with Crippen molar-refractivity contribution in [2.45, 2.75) is 24.3 Å². The number of hydrogen-bond donors (Lipinski definition) is 1. The highest BCUT2D eigenvalue weighted by Crippen LogP contribution is 2.31. The van der Waals surface area contributed by atoms with E-state index >= 15 is 0 Å². The standard InChI is InChI=1S/C20H20FN3O4S2/c1-14-2-4-15(5-3-14)19-12-20(24(22-19)17-10-11-29(25,26)13-17)23-30(27,28)18-8-6-16(21)7-9-18/h2-9,12,17,23H,10-11,13H2,1H3. The number of halogens is 1. The van der Waals surface area contributed by atoms with E-state index in [1.807, 2.05) is 31.2 Å². The second-order valence-corrected chi connectivity index (χ2v) is 11.3. The minimum atomic E-state index is -4.01. The third kappa shape index (κ3) is 4.24. The molecule has 2 aromatic carbocycles. The molecule has 1 N–H and O–H groups in total. The third-order valence-electron chi connectivity index (χ3n) is 5.00. The molecule has 0 aliphatic carbocycles. The number of anilines is 1. The van der Waals surface area contributed by atoms with Gasteiger partial charge in [-0.2, -0.15) is 5.10 Å². The Balaban J connectivity index is 1.75. The maximum atomic E-state index is 13.2. The summed E-state index contributed by atoms with van der Waals surface area (Å²) in [6, 6.07) is 13.1. The maximum absolute atomic E-state index is 13.2. The van der Waals surface area contributed by atoms with Crippen molar-refractivity contribution < 1.29 is 21.2 Å². The number of sulfone groups is 1.